The number of hydrogen-bond donors (Lipinski definition) is 2. The minimum atomic E-state index is -4.42. The lowest BCUT2D eigenvalue weighted by atomic mass is 10.3. The average Bonchev–Trinajstić information content (AvgIpc) is 2.92. The van der Waals surface area contributed by atoms with Gasteiger partial charge in [0, 0.05) is 23.6 Å². The van der Waals surface area contributed by atoms with Gasteiger partial charge >= 0.3 is 6.18 Å². The maximum absolute atomic E-state index is 12.1. The summed E-state index contributed by atoms with van der Waals surface area (Å²) in [6, 6.07) is 3.17. The van der Waals surface area contributed by atoms with Gasteiger partial charge in [-0.15, -0.1) is 0 Å². The summed E-state index contributed by atoms with van der Waals surface area (Å²) in [4.78, 5) is 11.9. The van der Waals surface area contributed by atoms with Crippen LogP contribution in [0.1, 0.15) is 19.3 Å². The van der Waals surface area contributed by atoms with Gasteiger partial charge in [0.15, 0.2) is 15.0 Å². The van der Waals surface area contributed by atoms with Gasteiger partial charge in [0.1, 0.15) is 5.69 Å². The summed E-state index contributed by atoms with van der Waals surface area (Å²) in [6.07, 6.45) is -2.51. The van der Waals surface area contributed by atoms with Crippen LogP contribution in [0.15, 0.2) is 30.7 Å². The summed E-state index contributed by atoms with van der Waals surface area (Å²) in [5.74, 6) is -1.90. The van der Waals surface area contributed by atoms with Gasteiger partial charge in [0.2, 0.25) is 18.3 Å². The molecule has 0 radical (unpaired) electrons. The number of nitrogens with zero attached hydrogens (tertiary/aromatic N) is 3. The minimum absolute atomic E-state index is 0.0604. The third-order valence-electron chi connectivity index (χ3n) is 3.53. The molecule has 154 valence electrons. The van der Waals surface area contributed by atoms with Crippen molar-refractivity contribution < 1.29 is 36.3 Å². The molecule has 0 aromatic carbocycles. The molecule has 1 amide bonds. The molecule has 28 heavy (non-hydrogen) atoms. The fourth-order valence-corrected chi connectivity index (χ4v) is 3.67. The van der Waals surface area contributed by atoms with Crippen molar-refractivity contribution >= 4 is 33.0 Å². The molecule has 2 heterocycles. The lowest BCUT2D eigenvalue weighted by molar-refractivity contribution is -0.904. The Labute approximate surface area is 163 Å². The van der Waals surface area contributed by atoms with E-state index in [1.807, 2.05) is 0 Å². The Balaban J connectivity index is 1.91. The van der Waals surface area contributed by atoms with Gasteiger partial charge in [-0.05, 0) is 12.5 Å². The number of nitrogens with one attached hydrogen (secondary N) is 1. The summed E-state index contributed by atoms with van der Waals surface area (Å²) in [5, 5.41) is 15.7. The smallest absolute Gasteiger partial charge is 0.322 e. The molecule has 0 aliphatic carbocycles. The molecule has 2 rings (SSSR count). The van der Waals surface area contributed by atoms with E-state index in [1.54, 1.807) is 12.1 Å². The molecule has 0 spiro atoms. The van der Waals surface area contributed by atoms with Gasteiger partial charge in [0.05, 0.1) is 23.4 Å². The predicted octanol–water partition coefficient (Wildman–Crippen LogP) is 2.14. The molecule has 2 aromatic rings. The Morgan fingerprint density at radius 1 is 1.36 bits per heavy atom. The molecule has 8 nitrogen and oxygen atoms in total. The topological polar surface area (TPSA) is 105 Å². The highest BCUT2D eigenvalue weighted by Crippen LogP contribution is 2.23. The van der Waals surface area contributed by atoms with Crippen molar-refractivity contribution in [3.05, 3.63) is 35.9 Å². The first kappa shape index (κ1) is 22.0. The fraction of sp³-hybridized carbons (Fsp3) is 0.400. The zero-order chi connectivity index (χ0) is 20.9. The number of aromatic nitrogens is 3. The number of anilines is 1. The molecule has 0 saturated heterocycles. The van der Waals surface area contributed by atoms with Crippen LogP contribution in [0.5, 0.6) is 0 Å². The Bertz CT molecular complexity index is 947. The molecular formula is C15H17ClF3N4O4S+. The normalized spacial score (nSPS) is 12.1. The average molecular weight is 442 g/mol. The molecule has 0 saturated carbocycles. The number of halogens is 4. The monoisotopic (exact) mass is 441 g/mol. The van der Waals surface area contributed by atoms with Crippen LogP contribution in [-0.4, -0.2) is 47.0 Å². The number of amides is 1. The van der Waals surface area contributed by atoms with Crippen LogP contribution in [0.2, 0.25) is 5.15 Å². The van der Waals surface area contributed by atoms with Crippen molar-refractivity contribution in [3.8, 4) is 5.69 Å². The molecule has 13 heteroatoms. The molecule has 0 unspecified atom stereocenters. The predicted molar refractivity (Wildman–Crippen MR) is 93.1 cm³/mol. The summed E-state index contributed by atoms with van der Waals surface area (Å²) in [7, 11) is -3.79. The SMILES string of the molecule is O=C(CCS(=O)(=O)CCCC(F)(F)F)Nc1cn(-c2ccc[n+](O)c2)nc1Cl. The number of pyridine rings is 1. The van der Waals surface area contributed by atoms with Crippen LogP contribution in [0.3, 0.4) is 0 Å². The maximum Gasteiger partial charge on any atom is 0.389 e. The van der Waals surface area contributed by atoms with E-state index in [0.717, 1.165) is 4.73 Å². The largest absolute Gasteiger partial charge is 0.389 e. The quantitative estimate of drug-likeness (QED) is 0.482. The lowest BCUT2D eigenvalue weighted by Crippen LogP contribution is -2.29. The van der Waals surface area contributed by atoms with E-state index in [1.165, 1.54) is 23.3 Å². The van der Waals surface area contributed by atoms with E-state index in [-0.39, 0.29) is 10.8 Å². The molecule has 0 bridgehead atoms. The van der Waals surface area contributed by atoms with Gasteiger partial charge in [-0.1, -0.05) is 11.6 Å². The summed E-state index contributed by atoms with van der Waals surface area (Å²) < 4.78 is 61.8. The number of alkyl halides is 3. The number of carbonyl (C=O) groups excluding carboxylic acids is 1. The molecule has 0 aliphatic heterocycles. The summed E-state index contributed by atoms with van der Waals surface area (Å²) in [5.41, 5.74) is 0.564. The van der Waals surface area contributed by atoms with Crippen LogP contribution in [-0.2, 0) is 14.6 Å². The Hall–Kier alpha value is -2.34. The minimum Gasteiger partial charge on any atom is -0.322 e. The van der Waals surface area contributed by atoms with E-state index < -0.39 is 52.7 Å². The van der Waals surface area contributed by atoms with Gasteiger partial charge in [-0.25, -0.2) is 13.1 Å². The zero-order valence-electron chi connectivity index (χ0n) is 14.4. The fourth-order valence-electron chi connectivity index (χ4n) is 2.21. The number of carbonyl (C=O) groups is 1. The maximum atomic E-state index is 12.1. The van der Waals surface area contributed by atoms with Crippen molar-refractivity contribution in [1.29, 1.82) is 0 Å². The zero-order valence-corrected chi connectivity index (χ0v) is 15.9. The van der Waals surface area contributed by atoms with Crippen LogP contribution in [0.4, 0.5) is 18.9 Å². The van der Waals surface area contributed by atoms with E-state index in [4.69, 9.17) is 11.6 Å². The molecule has 2 aromatic heterocycles. The molecule has 2 N–H and O–H groups in total. The van der Waals surface area contributed by atoms with Gasteiger partial charge in [0.25, 0.3) is 0 Å². The van der Waals surface area contributed by atoms with Crippen LogP contribution in [0, 0.1) is 0 Å². The summed E-state index contributed by atoms with van der Waals surface area (Å²) >= 11 is 5.94. The summed E-state index contributed by atoms with van der Waals surface area (Å²) in [6.45, 7) is 0. The first-order valence-corrected chi connectivity index (χ1v) is 10.2. The molecule has 0 atom stereocenters. The van der Waals surface area contributed by atoms with Crippen molar-refractivity contribution in [2.75, 3.05) is 16.8 Å². The lowest BCUT2D eigenvalue weighted by Gasteiger charge is -2.07. The Morgan fingerprint density at radius 2 is 2.07 bits per heavy atom. The number of hydrogen-bond acceptors (Lipinski definition) is 5. The van der Waals surface area contributed by atoms with Crippen molar-refractivity contribution in [2.24, 2.45) is 0 Å². The van der Waals surface area contributed by atoms with Crippen molar-refractivity contribution in [3.63, 3.8) is 0 Å². The van der Waals surface area contributed by atoms with Crippen LogP contribution in [0.25, 0.3) is 5.69 Å². The van der Waals surface area contributed by atoms with Gasteiger partial charge in [-0.3, -0.25) is 10.0 Å². The number of rotatable bonds is 8. The standard InChI is InChI=1S/C15H16ClF3N4O4S/c16-14-12(10-23(21-14)11-3-1-6-22(25)9-11)20-13(24)4-8-28(26,27)7-2-5-15(17,18)19/h1,3,6,9-10H,2,4-5,7-8H2,(H-,20,24,25)/p+1. The third-order valence-corrected chi connectivity index (χ3v) is 5.55. The van der Waals surface area contributed by atoms with E-state index in [9.17, 15) is 31.6 Å². The first-order chi connectivity index (χ1) is 13.0. The number of sulfone groups is 1. The highest BCUT2D eigenvalue weighted by atomic mass is 35.5. The first-order valence-electron chi connectivity index (χ1n) is 7.98. The van der Waals surface area contributed by atoms with Gasteiger partial charge < -0.3 is 5.32 Å². The Morgan fingerprint density at radius 3 is 2.71 bits per heavy atom. The van der Waals surface area contributed by atoms with Crippen molar-refractivity contribution in [2.45, 2.75) is 25.4 Å². The molecule has 0 fully saturated rings. The highest BCUT2D eigenvalue weighted by molar-refractivity contribution is 7.91. The molecular weight excluding hydrogens is 425 g/mol. The third kappa shape index (κ3) is 7.00. The second-order valence-corrected chi connectivity index (χ2v) is 8.55. The highest BCUT2D eigenvalue weighted by Gasteiger charge is 2.27. The second-order valence-electron chi connectivity index (χ2n) is 5.89. The van der Waals surface area contributed by atoms with Gasteiger partial charge in [-0.2, -0.15) is 18.3 Å². The Kier molecular flexibility index (Phi) is 6.88. The van der Waals surface area contributed by atoms with E-state index in [2.05, 4.69) is 10.4 Å². The van der Waals surface area contributed by atoms with Crippen molar-refractivity contribution in [1.82, 2.24) is 9.78 Å². The second kappa shape index (κ2) is 8.78. The molecule has 0 aliphatic rings. The van der Waals surface area contributed by atoms with E-state index >= 15 is 0 Å². The van der Waals surface area contributed by atoms with Crippen LogP contribution >= 0.6 is 11.6 Å². The van der Waals surface area contributed by atoms with Crippen LogP contribution < -0.4 is 10.0 Å². The van der Waals surface area contributed by atoms with E-state index in [0.29, 0.717) is 5.69 Å².